The van der Waals surface area contributed by atoms with Crippen molar-refractivity contribution in [1.82, 2.24) is 4.98 Å². The lowest BCUT2D eigenvalue weighted by molar-refractivity contribution is 0.0267. The van der Waals surface area contributed by atoms with Crippen LogP contribution in [0.4, 0.5) is 0 Å². The van der Waals surface area contributed by atoms with E-state index in [9.17, 15) is 18.6 Å². The molecule has 1 aromatic carbocycles. The molecule has 0 aliphatic heterocycles. The van der Waals surface area contributed by atoms with Crippen LogP contribution in [0.25, 0.3) is 11.1 Å². The molecule has 0 amide bonds. The molecule has 2 rings (SSSR count). The van der Waals surface area contributed by atoms with Crippen LogP contribution < -0.4 is 9.47 Å². The third-order valence-electron chi connectivity index (χ3n) is 3.70. The fraction of sp³-hybridized carbons (Fsp3) is 0.450. The molecule has 0 saturated heterocycles. The molecular formula is C20H27NO6S. The molecule has 2 N–H and O–H groups in total. The highest BCUT2D eigenvalue weighted by molar-refractivity contribution is 7.90. The Morgan fingerprint density at radius 3 is 2.21 bits per heavy atom. The Balaban J connectivity index is 2.56. The number of hydrogen-bond donors (Lipinski definition) is 2. The van der Waals surface area contributed by atoms with Gasteiger partial charge in [0.25, 0.3) is 0 Å². The van der Waals surface area contributed by atoms with E-state index in [-0.39, 0.29) is 36.0 Å². The van der Waals surface area contributed by atoms with Gasteiger partial charge in [0.1, 0.15) is 6.61 Å². The highest BCUT2D eigenvalue weighted by Gasteiger charge is 2.20. The van der Waals surface area contributed by atoms with Crippen LogP contribution in [-0.2, 0) is 16.4 Å². The Hall–Kier alpha value is -2.16. The van der Waals surface area contributed by atoms with Crippen LogP contribution in [0.15, 0.2) is 35.2 Å². The van der Waals surface area contributed by atoms with Gasteiger partial charge in [-0.25, -0.2) is 8.42 Å². The van der Waals surface area contributed by atoms with Gasteiger partial charge in [-0.15, -0.1) is 0 Å². The molecule has 154 valence electrons. The number of aromatic nitrogens is 1. The second-order valence-electron chi connectivity index (χ2n) is 7.53. The molecule has 0 radical (unpaired) electrons. The van der Waals surface area contributed by atoms with E-state index in [0.717, 1.165) is 6.26 Å². The standard InChI is InChI=1S/C20H27NO6S/c1-13(2)27-18-15(11-22)10-17(19(21-18)26-12-20(3,4)23)14-6-8-16(9-7-14)28(5,24)25/h6-10,13,22-23H,11-12H2,1-5H3. The number of ether oxygens (including phenoxy) is 2. The van der Waals surface area contributed by atoms with Gasteiger partial charge in [0, 0.05) is 17.4 Å². The van der Waals surface area contributed by atoms with Crippen molar-refractivity contribution in [2.75, 3.05) is 12.9 Å². The largest absolute Gasteiger partial charge is 0.475 e. The number of pyridine rings is 1. The SMILES string of the molecule is CC(C)Oc1nc(OCC(C)(C)O)c(-c2ccc(S(C)(=O)=O)cc2)cc1CO. The summed E-state index contributed by atoms with van der Waals surface area (Å²) < 4.78 is 34.8. The van der Waals surface area contributed by atoms with Crippen LogP contribution in [0.1, 0.15) is 33.3 Å². The fourth-order valence-corrected chi connectivity index (χ4v) is 3.03. The minimum absolute atomic E-state index is 0.00594. The van der Waals surface area contributed by atoms with Gasteiger partial charge in [0.05, 0.1) is 23.2 Å². The minimum Gasteiger partial charge on any atom is -0.475 e. The highest BCUT2D eigenvalue weighted by Crippen LogP contribution is 2.34. The van der Waals surface area contributed by atoms with E-state index < -0.39 is 15.4 Å². The molecule has 0 aliphatic carbocycles. The molecule has 8 heteroatoms. The average molecular weight is 410 g/mol. The summed E-state index contributed by atoms with van der Waals surface area (Å²) in [6, 6.07) is 7.99. The number of benzene rings is 1. The predicted molar refractivity (Wildman–Crippen MR) is 106 cm³/mol. The van der Waals surface area contributed by atoms with Crippen molar-refractivity contribution in [2.24, 2.45) is 0 Å². The van der Waals surface area contributed by atoms with Gasteiger partial charge in [-0.3, -0.25) is 0 Å². The van der Waals surface area contributed by atoms with Crippen LogP contribution in [0, 0.1) is 0 Å². The molecular weight excluding hydrogens is 382 g/mol. The Morgan fingerprint density at radius 2 is 1.75 bits per heavy atom. The lowest BCUT2D eigenvalue weighted by Gasteiger charge is -2.21. The Morgan fingerprint density at radius 1 is 1.14 bits per heavy atom. The first kappa shape index (κ1) is 22.1. The van der Waals surface area contributed by atoms with E-state index in [1.165, 1.54) is 12.1 Å². The molecule has 7 nitrogen and oxygen atoms in total. The molecule has 2 aromatic rings. The van der Waals surface area contributed by atoms with Crippen LogP contribution in [0.5, 0.6) is 11.8 Å². The summed E-state index contributed by atoms with van der Waals surface area (Å²) in [7, 11) is -3.31. The van der Waals surface area contributed by atoms with E-state index >= 15 is 0 Å². The van der Waals surface area contributed by atoms with Gasteiger partial charge in [0.15, 0.2) is 9.84 Å². The molecule has 28 heavy (non-hydrogen) atoms. The molecule has 0 saturated carbocycles. The zero-order chi connectivity index (χ0) is 21.1. The fourth-order valence-electron chi connectivity index (χ4n) is 2.40. The van der Waals surface area contributed by atoms with E-state index in [1.807, 2.05) is 13.8 Å². The lowest BCUT2D eigenvalue weighted by Crippen LogP contribution is -2.28. The number of hydrogen-bond acceptors (Lipinski definition) is 7. The molecule has 1 heterocycles. The maximum Gasteiger partial charge on any atom is 0.224 e. The number of sulfone groups is 1. The maximum atomic E-state index is 11.7. The summed E-state index contributed by atoms with van der Waals surface area (Å²) in [5.74, 6) is 0.474. The molecule has 0 atom stereocenters. The van der Waals surface area contributed by atoms with E-state index in [2.05, 4.69) is 4.98 Å². The van der Waals surface area contributed by atoms with Crippen molar-refractivity contribution in [2.45, 2.75) is 50.9 Å². The maximum absolute atomic E-state index is 11.7. The first-order valence-electron chi connectivity index (χ1n) is 8.88. The Bertz CT molecular complexity index is 915. The monoisotopic (exact) mass is 409 g/mol. The van der Waals surface area contributed by atoms with Crippen molar-refractivity contribution in [3.63, 3.8) is 0 Å². The van der Waals surface area contributed by atoms with Gasteiger partial charge in [-0.1, -0.05) is 12.1 Å². The van der Waals surface area contributed by atoms with Gasteiger partial charge >= 0.3 is 0 Å². The third-order valence-corrected chi connectivity index (χ3v) is 4.83. The summed E-state index contributed by atoms with van der Waals surface area (Å²) in [6.45, 7) is 6.63. The van der Waals surface area contributed by atoms with Crippen LogP contribution in [0.3, 0.4) is 0 Å². The van der Waals surface area contributed by atoms with Crippen molar-refractivity contribution in [3.05, 3.63) is 35.9 Å². The minimum atomic E-state index is -3.31. The average Bonchev–Trinajstić information content (AvgIpc) is 2.58. The van der Waals surface area contributed by atoms with E-state index in [1.54, 1.807) is 32.0 Å². The van der Waals surface area contributed by atoms with Gasteiger partial charge in [0.2, 0.25) is 11.8 Å². The number of rotatable bonds is 8. The topological polar surface area (TPSA) is 106 Å². The summed E-state index contributed by atoms with van der Waals surface area (Å²) in [4.78, 5) is 4.60. The van der Waals surface area contributed by atoms with Crippen molar-refractivity contribution < 1.29 is 28.1 Å². The highest BCUT2D eigenvalue weighted by atomic mass is 32.2. The van der Waals surface area contributed by atoms with Crippen LogP contribution >= 0.6 is 0 Å². The molecule has 0 unspecified atom stereocenters. The number of nitrogens with zero attached hydrogens (tertiary/aromatic N) is 1. The summed E-state index contributed by atoms with van der Waals surface area (Å²) in [5.41, 5.74) is 0.626. The second-order valence-corrected chi connectivity index (χ2v) is 9.54. The summed E-state index contributed by atoms with van der Waals surface area (Å²) >= 11 is 0. The van der Waals surface area contributed by atoms with Crippen molar-refractivity contribution >= 4 is 9.84 Å². The molecule has 0 fully saturated rings. The van der Waals surface area contributed by atoms with Crippen molar-refractivity contribution in [3.8, 4) is 22.9 Å². The summed E-state index contributed by atoms with van der Waals surface area (Å²) in [6.07, 6.45) is 0.989. The molecule has 0 aliphatic rings. The first-order chi connectivity index (χ1) is 12.9. The zero-order valence-electron chi connectivity index (χ0n) is 16.8. The molecule has 0 bridgehead atoms. The molecule has 1 aromatic heterocycles. The predicted octanol–water partition coefficient (Wildman–Crippen LogP) is 2.58. The lowest BCUT2D eigenvalue weighted by atomic mass is 10.0. The van der Waals surface area contributed by atoms with Crippen LogP contribution in [-0.4, -0.2) is 48.2 Å². The number of aliphatic hydroxyl groups excluding tert-OH is 1. The Kier molecular flexibility index (Phi) is 6.69. The van der Waals surface area contributed by atoms with Gasteiger partial charge < -0.3 is 19.7 Å². The summed E-state index contributed by atoms with van der Waals surface area (Å²) in [5, 5.41) is 19.7. The van der Waals surface area contributed by atoms with Gasteiger partial charge in [-0.2, -0.15) is 4.98 Å². The van der Waals surface area contributed by atoms with E-state index in [0.29, 0.717) is 16.7 Å². The molecule has 0 spiro atoms. The normalized spacial score (nSPS) is 12.3. The van der Waals surface area contributed by atoms with E-state index in [4.69, 9.17) is 9.47 Å². The number of aliphatic hydroxyl groups is 2. The second kappa shape index (κ2) is 8.46. The zero-order valence-corrected chi connectivity index (χ0v) is 17.6. The quantitative estimate of drug-likeness (QED) is 0.690. The van der Waals surface area contributed by atoms with Crippen LogP contribution in [0.2, 0.25) is 0 Å². The smallest absolute Gasteiger partial charge is 0.224 e. The Labute approximate surface area is 165 Å². The van der Waals surface area contributed by atoms with Gasteiger partial charge in [-0.05, 0) is 51.5 Å². The third kappa shape index (κ3) is 5.92. The van der Waals surface area contributed by atoms with Crippen molar-refractivity contribution in [1.29, 1.82) is 0 Å². The first-order valence-corrected chi connectivity index (χ1v) is 10.8.